The van der Waals surface area contributed by atoms with Gasteiger partial charge in [-0.2, -0.15) is 0 Å². The lowest BCUT2D eigenvalue weighted by Crippen LogP contribution is -2.46. The Bertz CT molecular complexity index is 989. The molecule has 2 atom stereocenters. The molecule has 0 saturated carbocycles. The maximum Gasteiger partial charge on any atom is 0.224 e. The van der Waals surface area contributed by atoms with E-state index in [1.807, 2.05) is 37.3 Å². The zero-order valence-corrected chi connectivity index (χ0v) is 19.6. The topological polar surface area (TPSA) is 66.5 Å². The van der Waals surface area contributed by atoms with Crippen LogP contribution in [-0.2, 0) is 21.2 Å². The molecule has 1 aliphatic rings. The van der Waals surface area contributed by atoms with Gasteiger partial charge in [0, 0.05) is 13.1 Å². The second-order valence-electron chi connectivity index (χ2n) is 8.69. The van der Waals surface area contributed by atoms with E-state index in [-0.39, 0.29) is 30.2 Å². The number of benzene rings is 2. The van der Waals surface area contributed by atoms with Gasteiger partial charge in [0.15, 0.2) is 0 Å². The fraction of sp³-hybridized carbons (Fsp3) is 0.480. The van der Waals surface area contributed by atoms with Gasteiger partial charge in [0.05, 0.1) is 17.7 Å². The van der Waals surface area contributed by atoms with Crippen LogP contribution in [0.2, 0.25) is 0 Å². The summed E-state index contributed by atoms with van der Waals surface area (Å²) in [5, 5.41) is 3.10. The van der Waals surface area contributed by atoms with Crippen molar-refractivity contribution in [1.29, 1.82) is 0 Å². The van der Waals surface area contributed by atoms with E-state index < -0.39 is 10.0 Å². The minimum Gasteiger partial charge on any atom is -0.349 e. The molecular weight excluding hydrogens is 408 g/mol. The normalized spacial score (nSPS) is 18.5. The van der Waals surface area contributed by atoms with E-state index in [0.717, 1.165) is 29.5 Å². The maximum absolute atomic E-state index is 12.9. The smallest absolute Gasteiger partial charge is 0.224 e. The third-order valence-corrected chi connectivity index (χ3v) is 8.03. The van der Waals surface area contributed by atoms with Crippen LogP contribution in [0.25, 0.3) is 0 Å². The van der Waals surface area contributed by atoms with Crippen molar-refractivity contribution < 1.29 is 13.2 Å². The molecule has 2 aromatic carbocycles. The van der Waals surface area contributed by atoms with Crippen molar-refractivity contribution >= 4 is 15.9 Å². The summed E-state index contributed by atoms with van der Waals surface area (Å²) in [7, 11) is -3.36. The third kappa shape index (κ3) is 6.40. The summed E-state index contributed by atoms with van der Waals surface area (Å²) in [5.41, 5.74) is 4.59. The largest absolute Gasteiger partial charge is 0.349 e. The van der Waals surface area contributed by atoms with Crippen LogP contribution in [0.3, 0.4) is 0 Å². The van der Waals surface area contributed by atoms with Crippen LogP contribution in [-0.4, -0.2) is 37.5 Å². The second-order valence-corrected chi connectivity index (χ2v) is 10.8. The fourth-order valence-electron chi connectivity index (χ4n) is 4.36. The molecule has 1 heterocycles. The van der Waals surface area contributed by atoms with Crippen LogP contribution in [0.1, 0.15) is 54.5 Å². The minimum absolute atomic E-state index is 0.0586. The molecular formula is C25H34N2O3S. The number of amides is 1. The van der Waals surface area contributed by atoms with Crippen molar-refractivity contribution in [2.75, 3.05) is 18.8 Å². The van der Waals surface area contributed by atoms with Gasteiger partial charge in [-0.05, 0) is 63.1 Å². The van der Waals surface area contributed by atoms with E-state index in [4.69, 9.17) is 0 Å². The number of aryl methyl sites for hydroxylation is 3. The van der Waals surface area contributed by atoms with Crippen LogP contribution in [0.4, 0.5) is 0 Å². The van der Waals surface area contributed by atoms with Gasteiger partial charge in [0.2, 0.25) is 15.9 Å². The Morgan fingerprint density at radius 3 is 2.61 bits per heavy atom. The Labute approximate surface area is 186 Å². The highest BCUT2D eigenvalue weighted by Crippen LogP contribution is 2.23. The molecule has 6 heteroatoms. The van der Waals surface area contributed by atoms with Crippen molar-refractivity contribution in [3.05, 3.63) is 70.8 Å². The summed E-state index contributed by atoms with van der Waals surface area (Å²) in [5.74, 6) is -0.239. The predicted molar refractivity (Wildman–Crippen MR) is 125 cm³/mol. The molecule has 3 rings (SSSR count). The molecule has 0 spiro atoms. The Morgan fingerprint density at radius 2 is 1.90 bits per heavy atom. The molecule has 0 bridgehead atoms. The van der Waals surface area contributed by atoms with E-state index >= 15 is 0 Å². The van der Waals surface area contributed by atoms with Gasteiger partial charge in [-0.3, -0.25) is 4.79 Å². The number of carbonyl (C=O) groups is 1. The number of hydrogen-bond acceptors (Lipinski definition) is 3. The highest BCUT2D eigenvalue weighted by Gasteiger charge is 2.32. The number of hydrogen-bond donors (Lipinski definition) is 1. The average Bonchev–Trinajstić information content (AvgIpc) is 2.74. The van der Waals surface area contributed by atoms with E-state index in [0.29, 0.717) is 19.4 Å². The molecule has 1 fully saturated rings. The second kappa shape index (κ2) is 10.4. The SMILES string of the molecule is Cc1ccc([C@@H](C)NC(=O)[C@@H]2CCCN(S(=O)(=O)CCCc3ccccc3)C2)c(C)c1. The first-order valence-corrected chi connectivity index (χ1v) is 12.8. The molecule has 1 aliphatic heterocycles. The molecule has 1 saturated heterocycles. The number of nitrogens with one attached hydrogen (secondary N) is 1. The van der Waals surface area contributed by atoms with E-state index in [9.17, 15) is 13.2 Å². The first kappa shape index (κ1) is 23.5. The summed E-state index contributed by atoms with van der Waals surface area (Å²) in [6.45, 7) is 6.87. The van der Waals surface area contributed by atoms with Gasteiger partial charge in [0.25, 0.3) is 0 Å². The third-order valence-electron chi connectivity index (χ3n) is 6.11. The number of carbonyl (C=O) groups excluding carboxylic acids is 1. The van der Waals surface area contributed by atoms with Crippen molar-refractivity contribution in [3.8, 4) is 0 Å². The highest BCUT2D eigenvalue weighted by molar-refractivity contribution is 7.89. The van der Waals surface area contributed by atoms with Gasteiger partial charge < -0.3 is 5.32 Å². The number of sulfonamides is 1. The van der Waals surface area contributed by atoms with Crippen LogP contribution in [0, 0.1) is 19.8 Å². The van der Waals surface area contributed by atoms with E-state index in [2.05, 4.69) is 37.4 Å². The standard InChI is InChI=1S/C25H34N2O3S/c1-19-13-14-24(20(2)17-19)21(3)26-25(28)23-12-7-15-27(18-23)31(29,30)16-8-11-22-9-5-4-6-10-22/h4-6,9-10,13-14,17,21,23H,7-8,11-12,15-16,18H2,1-3H3,(H,26,28)/t21-,23-/m1/s1. The molecule has 0 aliphatic carbocycles. The summed E-state index contributed by atoms with van der Waals surface area (Å²) >= 11 is 0. The lowest BCUT2D eigenvalue weighted by atomic mass is 9.96. The fourth-order valence-corrected chi connectivity index (χ4v) is 5.94. The van der Waals surface area contributed by atoms with Crippen LogP contribution in [0.5, 0.6) is 0 Å². The summed E-state index contributed by atoms with van der Waals surface area (Å²) in [6.07, 6.45) is 2.77. The van der Waals surface area contributed by atoms with Gasteiger partial charge in [-0.15, -0.1) is 0 Å². The molecule has 5 nitrogen and oxygen atoms in total. The molecule has 1 amide bonds. The molecule has 1 N–H and O–H groups in total. The zero-order chi connectivity index (χ0) is 22.4. The summed E-state index contributed by atoms with van der Waals surface area (Å²) in [4.78, 5) is 12.9. The van der Waals surface area contributed by atoms with Crippen molar-refractivity contribution in [1.82, 2.24) is 9.62 Å². The number of nitrogens with zero attached hydrogens (tertiary/aromatic N) is 1. The monoisotopic (exact) mass is 442 g/mol. The van der Waals surface area contributed by atoms with Crippen LogP contribution >= 0.6 is 0 Å². The van der Waals surface area contributed by atoms with Gasteiger partial charge in [-0.1, -0.05) is 54.1 Å². The predicted octanol–water partition coefficient (Wildman–Crippen LogP) is 4.16. The van der Waals surface area contributed by atoms with Crippen molar-refractivity contribution in [2.45, 2.75) is 52.5 Å². The first-order chi connectivity index (χ1) is 14.8. The maximum atomic E-state index is 12.9. The van der Waals surface area contributed by atoms with Gasteiger partial charge >= 0.3 is 0 Å². The Kier molecular flexibility index (Phi) is 7.89. The molecule has 2 aromatic rings. The van der Waals surface area contributed by atoms with Crippen LogP contribution < -0.4 is 5.32 Å². The Balaban J connectivity index is 1.55. The lowest BCUT2D eigenvalue weighted by molar-refractivity contribution is -0.126. The highest BCUT2D eigenvalue weighted by atomic mass is 32.2. The summed E-state index contributed by atoms with van der Waals surface area (Å²) in [6, 6.07) is 16.0. The van der Waals surface area contributed by atoms with Gasteiger partial charge in [0.1, 0.15) is 0 Å². The summed E-state index contributed by atoms with van der Waals surface area (Å²) < 4.78 is 27.2. The molecule has 31 heavy (non-hydrogen) atoms. The molecule has 0 unspecified atom stereocenters. The van der Waals surface area contributed by atoms with Gasteiger partial charge in [-0.25, -0.2) is 12.7 Å². The van der Waals surface area contributed by atoms with Crippen LogP contribution in [0.15, 0.2) is 48.5 Å². The first-order valence-electron chi connectivity index (χ1n) is 11.2. The van der Waals surface area contributed by atoms with E-state index in [1.54, 1.807) is 0 Å². The quantitative estimate of drug-likeness (QED) is 0.668. The molecule has 168 valence electrons. The lowest BCUT2D eigenvalue weighted by Gasteiger charge is -2.32. The Morgan fingerprint density at radius 1 is 1.16 bits per heavy atom. The average molecular weight is 443 g/mol. The molecule has 0 radical (unpaired) electrons. The van der Waals surface area contributed by atoms with Crippen molar-refractivity contribution in [3.63, 3.8) is 0 Å². The number of piperidine rings is 1. The van der Waals surface area contributed by atoms with E-state index in [1.165, 1.54) is 9.87 Å². The number of rotatable bonds is 8. The zero-order valence-electron chi connectivity index (χ0n) is 18.8. The molecule has 0 aromatic heterocycles. The minimum atomic E-state index is -3.36. The Hall–Kier alpha value is -2.18. The van der Waals surface area contributed by atoms with Crippen molar-refractivity contribution in [2.24, 2.45) is 5.92 Å².